The van der Waals surface area contributed by atoms with E-state index >= 15 is 0 Å². The van der Waals surface area contributed by atoms with Gasteiger partial charge in [0.2, 0.25) is 0 Å². The van der Waals surface area contributed by atoms with Crippen LogP contribution in [0.2, 0.25) is 0 Å². The molecule has 94 valence electrons. The number of pyridine rings is 1. The van der Waals surface area contributed by atoms with Crippen LogP contribution in [0.3, 0.4) is 0 Å². The van der Waals surface area contributed by atoms with Crippen molar-refractivity contribution in [2.24, 2.45) is 0 Å². The van der Waals surface area contributed by atoms with E-state index in [9.17, 15) is 9.90 Å². The summed E-state index contributed by atoms with van der Waals surface area (Å²) in [6.07, 6.45) is 4.31. The number of hydrogen-bond donors (Lipinski definition) is 3. The first-order chi connectivity index (χ1) is 9.24. The fraction of sp³-hybridized carbons (Fsp3) is 0. The molecule has 1 amide bonds. The highest BCUT2D eigenvalue weighted by Crippen LogP contribution is 2.21. The van der Waals surface area contributed by atoms with Gasteiger partial charge in [-0.3, -0.25) is 14.9 Å². The van der Waals surface area contributed by atoms with Gasteiger partial charge in [0.25, 0.3) is 5.91 Å². The van der Waals surface area contributed by atoms with Gasteiger partial charge in [-0.25, -0.2) is 0 Å². The topological polar surface area (TPSA) is 90.9 Å². The summed E-state index contributed by atoms with van der Waals surface area (Å²) in [5.41, 5.74) is 1.78. The molecule has 0 spiro atoms. The van der Waals surface area contributed by atoms with E-state index in [0.29, 0.717) is 11.3 Å². The van der Waals surface area contributed by atoms with Crippen molar-refractivity contribution >= 4 is 22.5 Å². The Morgan fingerprint density at radius 3 is 3.00 bits per heavy atom. The second-order valence-corrected chi connectivity index (χ2v) is 4.02. The minimum Gasteiger partial charge on any atom is -0.506 e. The number of anilines is 1. The van der Waals surface area contributed by atoms with Gasteiger partial charge in [0.05, 0.1) is 29.2 Å². The lowest BCUT2D eigenvalue weighted by Crippen LogP contribution is -2.12. The van der Waals surface area contributed by atoms with E-state index in [0.717, 1.165) is 10.9 Å². The van der Waals surface area contributed by atoms with Crippen LogP contribution in [-0.2, 0) is 0 Å². The van der Waals surface area contributed by atoms with Gasteiger partial charge in [0.15, 0.2) is 0 Å². The van der Waals surface area contributed by atoms with Gasteiger partial charge in [-0.1, -0.05) is 6.07 Å². The van der Waals surface area contributed by atoms with Crippen molar-refractivity contribution in [1.29, 1.82) is 0 Å². The predicted octanol–water partition coefficient (Wildman–Crippen LogP) is 1.92. The number of benzene rings is 1. The average Bonchev–Trinajstić information content (AvgIpc) is 2.88. The molecule has 0 bridgehead atoms. The van der Waals surface area contributed by atoms with Crippen LogP contribution in [0.4, 0.5) is 5.69 Å². The van der Waals surface area contributed by atoms with Crippen molar-refractivity contribution in [3.8, 4) is 5.75 Å². The number of nitrogens with one attached hydrogen (secondary N) is 2. The summed E-state index contributed by atoms with van der Waals surface area (Å²) in [6.45, 7) is 0. The number of aromatic amines is 1. The molecule has 0 saturated heterocycles. The Morgan fingerprint density at radius 2 is 2.16 bits per heavy atom. The number of aromatic nitrogens is 3. The van der Waals surface area contributed by atoms with E-state index in [2.05, 4.69) is 20.5 Å². The SMILES string of the molecule is O=C(Nc1cccc2[nH]ncc12)c1cncc(O)c1. The lowest BCUT2D eigenvalue weighted by Gasteiger charge is -2.06. The number of nitrogens with zero attached hydrogens (tertiary/aromatic N) is 2. The van der Waals surface area contributed by atoms with Crippen LogP contribution in [-0.4, -0.2) is 26.2 Å². The van der Waals surface area contributed by atoms with E-state index < -0.39 is 0 Å². The minimum absolute atomic E-state index is 0.0471. The number of carbonyl (C=O) groups is 1. The Bertz CT molecular complexity index is 751. The smallest absolute Gasteiger partial charge is 0.257 e. The second kappa shape index (κ2) is 4.41. The summed E-state index contributed by atoms with van der Waals surface area (Å²) in [5.74, 6) is -0.383. The number of aromatic hydroxyl groups is 1. The molecule has 0 fully saturated rings. The lowest BCUT2D eigenvalue weighted by atomic mass is 10.2. The normalized spacial score (nSPS) is 10.5. The highest BCUT2D eigenvalue weighted by Gasteiger charge is 2.10. The Kier molecular flexibility index (Phi) is 2.60. The van der Waals surface area contributed by atoms with Gasteiger partial charge < -0.3 is 10.4 Å². The maximum atomic E-state index is 12.0. The maximum Gasteiger partial charge on any atom is 0.257 e. The summed E-state index contributed by atoms with van der Waals surface area (Å²) in [6, 6.07) is 6.83. The molecule has 0 atom stereocenters. The quantitative estimate of drug-likeness (QED) is 0.651. The molecule has 6 nitrogen and oxygen atoms in total. The molecule has 0 aliphatic carbocycles. The van der Waals surface area contributed by atoms with E-state index in [1.165, 1.54) is 18.5 Å². The molecule has 2 heterocycles. The molecule has 0 radical (unpaired) electrons. The van der Waals surface area contributed by atoms with E-state index in [4.69, 9.17) is 0 Å². The number of fused-ring (bicyclic) bond motifs is 1. The van der Waals surface area contributed by atoms with Crippen LogP contribution in [0, 0.1) is 0 Å². The molecule has 0 aliphatic heterocycles. The van der Waals surface area contributed by atoms with E-state index in [1.54, 1.807) is 12.3 Å². The van der Waals surface area contributed by atoms with Crippen molar-refractivity contribution in [1.82, 2.24) is 15.2 Å². The van der Waals surface area contributed by atoms with Crippen LogP contribution in [0.15, 0.2) is 42.9 Å². The maximum absolute atomic E-state index is 12.0. The van der Waals surface area contributed by atoms with Crippen LogP contribution in [0.25, 0.3) is 10.9 Å². The first kappa shape index (κ1) is 11.2. The predicted molar refractivity (Wildman–Crippen MR) is 69.9 cm³/mol. The molecular weight excluding hydrogens is 244 g/mol. The third-order valence-corrected chi connectivity index (χ3v) is 2.72. The van der Waals surface area contributed by atoms with Gasteiger partial charge in [0, 0.05) is 11.6 Å². The Hall–Kier alpha value is -2.89. The molecule has 1 aromatic carbocycles. The fourth-order valence-corrected chi connectivity index (χ4v) is 1.82. The summed E-state index contributed by atoms with van der Waals surface area (Å²) < 4.78 is 0. The van der Waals surface area contributed by atoms with E-state index in [1.807, 2.05) is 12.1 Å². The fourth-order valence-electron chi connectivity index (χ4n) is 1.82. The zero-order valence-corrected chi connectivity index (χ0v) is 9.79. The third-order valence-electron chi connectivity index (χ3n) is 2.72. The van der Waals surface area contributed by atoms with Crippen molar-refractivity contribution in [2.45, 2.75) is 0 Å². The van der Waals surface area contributed by atoms with Crippen LogP contribution in [0.1, 0.15) is 10.4 Å². The molecule has 0 saturated carbocycles. The largest absolute Gasteiger partial charge is 0.506 e. The Balaban J connectivity index is 1.93. The Morgan fingerprint density at radius 1 is 1.26 bits per heavy atom. The van der Waals surface area contributed by atoms with Crippen molar-refractivity contribution < 1.29 is 9.90 Å². The monoisotopic (exact) mass is 254 g/mol. The number of rotatable bonds is 2. The minimum atomic E-state index is -0.336. The first-order valence-corrected chi connectivity index (χ1v) is 5.61. The molecular formula is C13H10N4O2. The zero-order valence-electron chi connectivity index (χ0n) is 9.79. The molecule has 19 heavy (non-hydrogen) atoms. The standard InChI is InChI=1S/C13H10N4O2/c18-9-4-8(5-14-6-9)13(19)16-11-2-1-3-12-10(11)7-15-17-12/h1-7,18H,(H,15,17)(H,16,19). The highest BCUT2D eigenvalue weighted by atomic mass is 16.3. The van der Waals surface area contributed by atoms with Crippen LogP contribution >= 0.6 is 0 Å². The van der Waals surface area contributed by atoms with E-state index in [-0.39, 0.29) is 11.7 Å². The summed E-state index contributed by atoms with van der Waals surface area (Å²) >= 11 is 0. The number of carbonyl (C=O) groups excluding carboxylic acids is 1. The van der Waals surface area contributed by atoms with Gasteiger partial charge in [-0.05, 0) is 18.2 Å². The molecule has 6 heteroatoms. The van der Waals surface area contributed by atoms with Crippen LogP contribution in [0.5, 0.6) is 5.75 Å². The first-order valence-electron chi connectivity index (χ1n) is 5.61. The van der Waals surface area contributed by atoms with Crippen molar-refractivity contribution in [3.63, 3.8) is 0 Å². The number of hydrogen-bond acceptors (Lipinski definition) is 4. The van der Waals surface area contributed by atoms with Crippen LogP contribution < -0.4 is 5.32 Å². The Labute approximate surface area is 108 Å². The van der Waals surface area contributed by atoms with Crippen molar-refractivity contribution in [2.75, 3.05) is 5.32 Å². The van der Waals surface area contributed by atoms with Gasteiger partial charge in [-0.2, -0.15) is 5.10 Å². The molecule has 2 aromatic heterocycles. The molecule has 3 rings (SSSR count). The third kappa shape index (κ3) is 2.11. The lowest BCUT2D eigenvalue weighted by molar-refractivity contribution is 0.102. The summed E-state index contributed by atoms with van der Waals surface area (Å²) in [5, 5.41) is 19.7. The average molecular weight is 254 g/mol. The second-order valence-electron chi connectivity index (χ2n) is 4.02. The number of H-pyrrole nitrogens is 1. The summed E-state index contributed by atoms with van der Waals surface area (Å²) in [4.78, 5) is 15.8. The highest BCUT2D eigenvalue weighted by molar-refractivity contribution is 6.08. The molecule has 3 aromatic rings. The zero-order chi connectivity index (χ0) is 13.2. The van der Waals surface area contributed by atoms with Gasteiger partial charge in [0.1, 0.15) is 5.75 Å². The molecule has 3 N–H and O–H groups in total. The summed E-state index contributed by atoms with van der Waals surface area (Å²) in [7, 11) is 0. The van der Waals surface area contributed by atoms with Gasteiger partial charge in [-0.15, -0.1) is 0 Å². The number of amides is 1. The van der Waals surface area contributed by atoms with Gasteiger partial charge >= 0.3 is 0 Å². The molecule has 0 aliphatic rings. The molecule has 0 unspecified atom stereocenters. The van der Waals surface area contributed by atoms with Crippen molar-refractivity contribution in [3.05, 3.63) is 48.4 Å².